The van der Waals surface area contributed by atoms with Crippen molar-refractivity contribution in [2.75, 3.05) is 5.32 Å². The average molecular weight is 421 g/mol. The minimum absolute atomic E-state index is 0.0864. The topological polar surface area (TPSA) is 64.7 Å². The number of nitrogens with one attached hydrogen (secondary N) is 1. The van der Waals surface area contributed by atoms with E-state index in [9.17, 15) is 13.6 Å². The Hall–Kier alpha value is -2.16. The Balaban J connectivity index is 1.73. The van der Waals surface area contributed by atoms with Crippen LogP contribution in [0.15, 0.2) is 36.7 Å². The Morgan fingerprint density at radius 1 is 1.12 bits per heavy atom. The van der Waals surface area contributed by atoms with E-state index in [2.05, 4.69) is 15.5 Å². The van der Waals surface area contributed by atoms with E-state index >= 15 is 0 Å². The number of carbonyl (C=O) groups excluding carboxylic acids is 1. The molecule has 136 valence electrons. The van der Waals surface area contributed by atoms with Gasteiger partial charge >= 0.3 is 6.55 Å². The number of benzene rings is 1. The molecule has 0 spiro atoms. The smallest absolute Gasteiger partial charge is 0.302 e. The van der Waals surface area contributed by atoms with Crippen LogP contribution in [0.2, 0.25) is 15.1 Å². The van der Waals surface area contributed by atoms with Crippen LogP contribution in [0.1, 0.15) is 22.6 Å². The molecular weight excluding hydrogens is 411 g/mol. The fourth-order valence-corrected chi connectivity index (χ4v) is 2.65. The summed E-state index contributed by atoms with van der Waals surface area (Å²) < 4.78 is 26.9. The predicted octanol–water partition coefficient (Wildman–Crippen LogP) is 4.74. The molecule has 0 fully saturated rings. The van der Waals surface area contributed by atoms with Crippen molar-refractivity contribution < 1.29 is 13.6 Å². The molecule has 0 saturated carbocycles. The molecule has 0 unspecified atom stereocenters. The van der Waals surface area contributed by atoms with Crippen LogP contribution in [-0.4, -0.2) is 25.5 Å². The zero-order chi connectivity index (χ0) is 18.8. The summed E-state index contributed by atoms with van der Waals surface area (Å²) in [4.78, 5) is 12.1. The van der Waals surface area contributed by atoms with Crippen molar-refractivity contribution in [1.82, 2.24) is 19.6 Å². The summed E-state index contributed by atoms with van der Waals surface area (Å²) >= 11 is 17.9. The van der Waals surface area contributed by atoms with Crippen LogP contribution in [-0.2, 0) is 6.54 Å². The lowest BCUT2D eigenvalue weighted by Gasteiger charge is -2.04. The fourth-order valence-electron chi connectivity index (χ4n) is 2.13. The van der Waals surface area contributed by atoms with Crippen LogP contribution in [0.5, 0.6) is 0 Å². The van der Waals surface area contributed by atoms with Gasteiger partial charge < -0.3 is 5.32 Å². The van der Waals surface area contributed by atoms with Gasteiger partial charge in [0.25, 0.3) is 5.91 Å². The molecule has 2 heterocycles. The monoisotopic (exact) mass is 419 g/mol. The van der Waals surface area contributed by atoms with Gasteiger partial charge in [-0.3, -0.25) is 9.48 Å². The standard InChI is InChI=1S/C15H10Cl3F2N5O/c16-9-2-1-8(5-10(9)17)6-24-7-11(18)13(23-24)21-14(26)12-3-4-25(22-12)15(19)20/h1-5,7,15H,6H2,(H,21,23,26). The zero-order valence-electron chi connectivity index (χ0n) is 12.8. The molecule has 6 nitrogen and oxygen atoms in total. The molecule has 0 aliphatic carbocycles. The Kier molecular flexibility index (Phi) is 5.45. The van der Waals surface area contributed by atoms with Gasteiger partial charge in [0.2, 0.25) is 0 Å². The number of carbonyl (C=O) groups is 1. The van der Waals surface area contributed by atoms with Crippen LogP contribution in [0.3, 0.4) is 0 Å². The van der Waals surface area contributed by atoms with Crippen molar-refractivity contribution in [2.24, 2.45) is 0 Å². The predicted molar refractivity (Wildman–Crippen MR) is 94.2 cm³/mol. The van der Waals surface area contributed by atoms with Crippen molar-refractivity contribution in [2.45, 2.75) is 13.1 Å². The molecule has 3 aromatic rings. The van der Waals surface area contributed by atoms with E-state index in [1.807, 2.05) is 0 Å². The third-order valence-corrected chi connectivity index (χ3v) is 4.33. The number of hydrogen-bond donors (Lipinski definition) is 1. The first-order chi connectivity index (χ1) is 12.3. The van der Waals surface area contributed by atoms with Gasteiger partial charge in [-0.05, 0) is 23.8 Å². The highest BCUT2D eigenvalue weighted by Crippen LogP contribution is 2.24. The second-order valence-electron chi connectivity index (χ2n) is 5.18. The molecule has 1 N–H and O–H groups in total. The third kappa shape index (κ3) is 4.14. The normalized spacial score (nSPS) is 11.2. The highest BCUT2D eigenvalue weighted by atomic mass is 35.5. The first-order valence-corrected chi connectivity index (χ1v) is 8.28. The van der Waals surface area contributed by atoms with Gasteiger partial charge in [0.1, 0.15) is 5.02 Å². The minimum atomic E-state index is -2.83. The fraction of sp³-hybridized carbons (Fsp3) is 0.133. The average Bonchev–Trinajstić information content (AvgIpc) is 3.19. The zero-order valence-corrected chi connectivity index (χ0v) is 15.1. The van der Waals surface area contributed by atoms with Gasteiger partial charge in [-0.25, -0.2) is 4.68 Å². The molecule has 26 heavy (non-hydrogen) atoms. The van der Waals surface area contributed by atoms with Crippen LogP contribution < -0.4 is 5.32 Å². The van der Waals surface area contributed by atoms with Crippen LogP contribution >= 0.6 is 34.8 Å². The number of alkyl halides is 2. The Morgan fingerprint density at radius 3 is 2.54 bits per heavy atom. The van der Waals surface area contributed by atoms with E-state index in [0.29, 0.717) is 21.3 Å². The van der Waals surface area contributed by atoms with Crippen LogP contribution in [0, 0.1) is 0 Å². The van der Waals surface area contributed by atoms with Gasteiger partial charge in [-0.15, -0.1) is 0 Å². The Bertz CT molecular complexity index is 957. The number of nitrogens with zero attached hydrogens (tertiary/aromatic N) is 4. The highest BCUT2D eigenvalue weighted by molar-refractivity contribution is 6.42. The number of aromatic nitrogens is 4. The second-order valence-corrected chi connectivity index (χ2v) is 6.41. The number of rotatable bonds is 5. The van der Waals surface area contributed by atoms with Gasteiger partial charge in [-0.1, -0.05) is 40.9 Å². The molecule has 0 radical (unpaired) electrons. The molecule has 0 aliphatic rings. The van der Waals surface area contributed by atoms with E-state index in [4.69, 9.17) is 34.8 Å². The maximum atomic E-state index is 12.5. The lowest BCUT2D eigenvalue weighted by atomic mass is 10.2. The molecule has 0 atom stereocenters. The molecule has 0 saturated heterocycles. The van der Waals surface area contributed by atoms with E-state index < -0.39 is 12.5 Å². The molecule has 3 rings (SSSR count). The maximum Gasteiger partial charge on any atom is 0.333 e. The second kappa shape index (κ2) is 7.61. The first-order valence-electron chi connectivity index (χ1n) is 7.15. The summed E-state index contributed by atoms with van der Waals surface area (Å²) in [5.74, 6) is -0.616. The largest absolute Gasteiger partial charge is 0.333 e. The Labute approximate surface area is 161 Å². The van der Waals surface area contributed by atoms with Crippen LogP contribution in [0.4, 0.5) is 14.6 Å². The lowest BCUT2D eigenvalue weighted by Crippen LogP contribution is -2.14. The number of halogens is 5. The number of anilines is 1. The summed E-state index contributed by atoms with van der Waals surface area (Å²) in [6.07, 6.45) is 2.52. The minimum Gasteiger partial charge on any atom is -0.302 e. The number of hydrogen-bond acceptors (Lipinski definition) is 3. The van der Waals surface area contributed by atoms with E-state index in [0.717, 1.165) is 11.8 Å². The van der Waals surface area contributed by atoms with Crippen molar-refractivity contribution in [3.05, 3.63) is 63.0 Å². The summed E-state index contributed by atoms with van der Waals surface area (Å²) in [6.45, 7) is -2.49. The highest BCUT2D eigenvalue weighted by Gasteiger charge is 2.16. The van der Waals surface area contributed by atoms with E-state index in [1.54, 1.807) is 18.2 Å². The molecule has 1 amide bonds. The van der Waals surface area contributed by atoms with E-state index in [-0.39, 0.29) is 16.5 Å². The van der Waals surface area contributed by atoms with Crippen molar-refractivity contribution in [3.63, 3.8) is 0 Å². The molecule has 0 aliphatic heterocycles. The molecule has 0 bridgehead atoms. The van der Waals surface area contributed by atoms with E-state index in [1.165, 1.54) is 16.9 Å². The maximum absolute atomic E-state index is 12.5. The SMILES string of the molecule is O=C(Nc1nn(Cc2ccc(Cl)c(Cl)c2)cc1Cl)c1ccn(C(F)F)n1. The van der Waals surface area contributed by atoms with Crippen molar-refractivity contribution in [3.8, 4) is 0 Å². The molecule has 1 aromatic carbocycles. The summed E-state index contributed by atoms with van der Waals surface area (Å²) in [5, 5.41) is 11.1. The van der Waals surface area contributed by atoms with Gasteiger partial charge in [0, 0.05) is 12.4 Å². The molecule has 2 aromatic heterocycles. The summed E-state index contributed by atoms with van der Waals surface area (Å²) in [6, 6.07) is 6.29. The Morgan fingerprint density at radius 2 is 1.88 bits per heavy atom. The molecule has 11 heteroatoms. The van der Waals surface area contributed by atoms with Crippen LogP contribution in [0.25, 0.3) is 0 Å². The lowest BCUT2D eigenvalue weighted by molar-refractivity contribution is 0.0561. The molecular formula is C15H10Cl3F2N5O. The third-order valence-electron chi connectivity index (χ3n) is 3.32. The quantitative estimate of drug-likeness (QED) is 0.649. The summed E-state index contributed by atoms with van der Waals surface area (Å²) in [5.41, 5.74) is 0.646. The van der Waals surface area contributed by atoms with Crippen molar-refractivity contribution in [1.29, 1.82) is 0 Å². The number of amides is 1. The van der Waals surface area contributed by atoms with Gasteiger partial charge in [-0.2, -0.15) is 19.0 Å². The van der Waals surface area contributed by atoms with Gasteiger partial charge in [0.15, 0.2) is 11.5 Å². The first kappa shape index (κ1) is 18.6. The summed E-state index contributed by atoms with van der Waals surface area (Å²) in [7, 11) is 0. The van der Waals surface area contributed by atoms with Gasteiger partial charge in [0.05, 0.1) is 16.6 Å². The van der Waals surface area contributed by atoms with Crippen molar-refractivity contribution >= 4 is 46.5 Å².